The Kier molecular flexibility index (Phi) is 4.48. The second kappa shape index (κ2) is 6.29. The van der Waals surface area contributed by atoms with Gasteiger partial charge in [0.25, 0.3) is 0 Å². The molecule has 1 nitrogen and oxygen atoms in total. The summed E-state index contributed by atoms with van der Waals surface area (Å²) in [6.07, 6.45) is 0. The molecule has 2 aromatic carbocycles. The van der Waals surface area contributed by atoms with Crippen molar-refractivity contribution in [3.05, 3.63) is 70.3 Å². The van der Waals surface area contributed by atoms with Crippen molar-refractivity contribution in [3.8, 4) is 0 Å². The summed E-state index contributed by atoms with van der Waals surface area (Å²) >= 11 is 0. The quantitative estimate of drug-likeness (QED) is 0.716. The fourth-order valence-electron chi connectivity index (χ4n) is 3.41. The van der Waals surface area contributed by atoms with Crippen LogP contribution in [0, 0.1) is 11.6 Å². The monoisotopic (exact) mass is 330 g/mol. The molecule has 0 N–H and O–H groups in total. The summed E-state index contributed by atoms with van der Waals surface area (Å²) < 4.78 is 34.4. The first-order valence-electron chi connectivity index (χ1n) is 8.53. The first-order valence-corrected chi connectivity index (χ1v) is 8.53. The molecule has 0 spiro atoms. The van der Waals surface area contributed by atoms with Gasteiger partial charge in [0.15, 0.2) is 0 Å². The summed E-state index contributed by atoms with van der Waals surface area (Å²) in [5.74, 6) is -0.666. The molecule has 128 valence electrons. The Balaban J connectivity index is 2.05. The highest BCUT2D eigenvalue weighted by Gasteiger charge is 2.43. The minimum absolute atomic E-state index is 0.157. The van der Waals surface area contributed by atoms with Gasteiger partial charge in [0, 0.05) is 5.56 Å². The van der Waals surface area contributed by atoms with E-state index in [9.17, 15) is 8.78 Å². The van der Waals surface area contributed by atoms with Gasteiger partial charge in [-0.1, -0.05) is 52.0 Å². The largest absolute Gasteiger partial charge is 0.379 e. The van der Waals surface area contributed by atoms with Crippen LogP contribution in [0.4, 0.5) is 8.78 Å². The lowest BCUT2D eigenvalue weighted by atomic mass is 9.72. The maximum absolute atomic E-state index is 14.5. The Bertz CT molecular complexity index is 705. The standard InChI is InChI=1S/C21H24F2O/c1-13(2)15-5-7-16(8-6-15)21(11-24-12-21)17-9-18(22)20(14(3)4)19(23)10-17/h5-10,13-14H,11-12H2,1-4H3. The van der Waals surface area contributed by atoms with Gasteiger partial charge < -0.3 is 4.74 Å². The van der Waals surface area contributed by atoms with Gasteiger partial charge in [0.1, 0.15) is 11.6 Å². The molecule has 0 saturated carbocycles. The van der Waals surface area contributed by atoms with Crippen LogP contribution in [0.2, 0.25) is 0 Å². The van der Waals surface area contributed by atoms with Crippen molar-refractivity contribution in [2.24, 2.45) is 0 Å². The molecular weight excluding hydrogens is 306 g/mol. The van der Waals surface area contributed by atoms with Crippen molar-refractivity contribution in [1.82, 2.24) is 0 Å². The molecule has 3 rings (SSSR count). The van der Waals surface area contributed by atoms with Crippen molar-refractivity contribution in [2.75, 3.05) is 13.2 Å². The molecule has 1 fully saturated rings. The zero-order valence-corrected chi connectivity index (χ0v) is 14.7. The summed E-state index contributed by atoms with van der Waals surface area (Å²) in [4.78, 5) is 0. The number of benzene rings is 2. The Hall–Kier alpha value is -1.74. The molecule has 3 heteroatoms. The molecule has 1 aliphatic rings. The van der Waals surface area contributed by atoms with Crippen LogP contribution in [0.1, 0.15) is 61.8 Å². The van der Waals surface area contributed by atoms with Crippen LogP contribution in [-0.4, -0.2) is 13.2 Å². The van der Waals surface area contributed by atoms with Gasteiger partial charge in [0.05, 0.1) is 18.6 Å². The number of hydrogen-bond acceptors (Lipinski definition) is 1. The smallest absolute Gasteiger partial charge is 0.129 e. The molecule has 1 aliphatic heterocycles. The van der Waals surface area contributed by atoms with Crippen molar-refractivity contribution in [3.63, 3.8) is 0 Å². The van der Waals surface area contributed by atoms with Crippen LogP contribution in [0.5, 0.6) is 0 Å². The summed E-state index contributed by atoms with van der Waals surface area (Å²) in [7, 11) is 0. The summed E-state index contributed by atoms with van der Waals surface area (Å²) in [5.41, 5.74) is 2.66. The van der Waals surface area contributed by atoms with Crippen molar-refractivity contribution in [1.29, 1.82) is 0 Å². The van der Waals surface area contributed by atoms with E-state index in [1.807, 2.05) is 0 Å². The van der Waals surface area contributed by atoms with Gasteiger partial charge in [-0.15, -0.1) is 0 Å². The average Bonchev–Trinajstić information content (AvgIpc) is 2.45. The van der Waals surface area contributed by atoms with Gasteiger partial charge >= 0.3 is 0 Å². The van der Waals surface area contributed by atoms with Crippen LogP contribution in [0.15, 0.2) is 36.4 Å². The fraction of sp³-hybridized carbons (Fsp3) is 0.429. The van der Waals surface area contributed by atoms with E-state index in [4.69, 9.17) is 4.74 Å². The Morgan fingerprint density at radius 3 is 1.75 bits per heavy atom. The second-order valence-electron chi connectivity index (χ2n) is 7.36. The summed E-state index contributed by atoms with van der Waals surface area (Å²) in [6.45, 7) is 8.79. The van der Waals surface area contributed by atoms with Crippen LogP contribution in [0.3, 0.4) is 0 Å². The predicted octanol–water partition coefficient (Wildman–Crippen LogP) is 5.53. The highest BCUT2D eigenvalue weighted by Crippen LogP contribution is 2.41. The van der Waals surface area contributed by atoms with Crippen LogP contribution in [0.25, 0.3) is 0 Å². The maximum Gasteiger partial charge on any atom is 0.129 e. The topological polar surface area (TPSA) is 9.23 Å². The zero-order chi connectivity index (χ0) is 17.5. The highest BCUT2D eigenvalue weighted by molar-refractivity contribution is 5.45. The van der Waals surface area contributed by atoms with E-state index >= 15 is 0 Å². The SMILES string of the molecule is CC(C)c1ccc(C2(c3cc(F)c(C(C)C)c(F)c3)COC2)cc1. The lowest BCUT2D eigenvalue weighted by Crippen LogP contribution is -2.47. The molecule has 0 amide bonds. The molecule has 24 heavy (non-hydrogen) atoms. The molecule has 1 saturated heterocycles. The Labute approximate surface area is 142 Å². The predicted molar refractivity (Wildman–Crippen MR) is 92.6 cm³/mol. The highest BCUT2D eigenvalue weighted by atomic mass is 19.1. The van der Waals surface area contributed by atoms with E-state index in [1.165, 1.54) is 17.7 Å². The molecule has 0 radical (unpaired) electrons. The first kappa shape index (κ1) is 17.1. The molecule has 0 bridgehead atoms. The van der Waals surface area contributed by atoms with Gasteiger partial charge in [-0.25, -0.2) is 8.78 Å². The normalized spacial score (nSPS) is 16.5. The van der Waals surface area contributed by atoms with Crippen LogP contribution in [-0.2, 0) is 10.2 Å². The third kappa shape index (κ3) is 2.75. The second-order valence-corrected chi connectivity index (χ2v) is 7.36. The number of halogens is 2. The number of hydrogen-bond donors (Lipinski definition) is 0. The summed E-state index contributed by atoms with van der Waals surface area (Å²) in [6, 6.07) is 11.3. The average molecular weight is 330 g/mol. The minimum Gasteiger partial charge on any atom is -0.379 e. The van der Waals surface area contributed by atoms with Crippen molar-refractivity contribution in [2.45, 2.75) is 44.9 Å². The Morgan fingerprint density at radius 1 is 0.833 bits per heavy atom. The summed E-state index contributed by atoms with van der Waals surface area (Å²) in [5, 5.41) is 0. The number of rotatable bonds is 4. The van der Waals surface area contributed by atoms with Gasteiger partial charge in [-0.2, -0.15) is 0 Å². The maximum atomic E-state index is 14.5. The van der Waals surface area contributed by atoms with Crippen molar-refractivity contribution < 1.29 is 13.5 Å². The van der Waals surface area contributed by atoms with Crippen LogP contribution >= 0.6 is 0 Å². The first-order chi connectivity index (χ1) is 11.3. The molecule has 0 aromatic heterocycles. The molecule has 0 aliphatic carbocycles. The third-order valence-corrected chi connectivity index (χ3v) is 5.04. The Morgan fingerprint density at radius 2 is 1.38 bits per heavy atom. The molecule has 1 heterocycles. The number of ether oxygens (including phenoxy) is 1. The van der Waals surface area contributed by atoms with E-state index in [-0.39, 0.29) is 11.5 Å². The van der Waals surface area contributed by atoms with Crippen LogP contribution < -0.4 is 0 Å². The third-order valence-electron chi connectivity index (χ3n) is 5.04. The molecular formula is C21H24F2O. The lowest BCUT2D eigenvalue weighted by molar-refractivity contribution is -0.0382. The molecule has 2 aromatic rings. The van der Waals surface area contributed by atoms with E-state index in [2.05, 4.69) is 38.1 Å². The van der Waals surface area contributed by atoms with Gasteiger partial charge in [0.2, 0.25) is 0 Å². The fourth-order valence-corrected chi connectivity index (χ4v) is 3.41. The van der Waals surface area contributed by atoms with Gasteiger partial charge in [-0.05, 0) is 40.7 Å². The zero-order valence-electron chi connectivity index (χ0n) is 14.7. The van der Waals surface area contributed by atoms with E-state index in [0.717, 1.165) is 5.56 Å². The van der Waals surface area contributed by atoms with E-state index < -0.39 is 17.0 Å². The minimum atomic E-state index is -0.468. The van der Waals surface area contributed by atoms with E-state index in [0.29, 0.717) is 24.7 Å². The van der Waals surface area contributed by atoms with Gasteiger partial charge in [-0.3, -0.25) is 0 Å². The molecule has 0 unspecified atom stereocenters. The van der Waals surface area contributed by atoms with Crippen molar-refractivity contribution >= 4 is 0 Å². The lowest BCUT2D eigenvalue weighted by Gasteiger charge is -2.42. The van der Waals surface area contributed by atoms with E-state index in [1.54, 1.807) is 13.8 Å². The molecule has 0 atom stereocenters.